The molecule has 1 atom stereocenters. The van der Waals surface area contributed by atoms with Gasteiger partial charge in [-0.3, -0.25) is 10.1 Å². The highest BCUT2D eigenvalue weighted by molar-refractivity contribution is 5.48. The van der Waals surface area contributed by atoms with Gasteiger partial charge in [0, 0.05) is 18.7 Å². The quantitative estimate of drug-likeness (QED) is 0.574. The number of aliphatic hydroxyl groups is 1. The molecular weight excluding hydrogens is 224 g/mol. The fraction of sp³-hybridized carbons (Fsp3) is 0.455. The van der Waals surface area contributed by atoms with Gasteiger partial charge in [0.15, 0.2) is 5.75 Å². The van der Waals surface area contributed by atoms with Crippen LogP contribution in [0.3, 0.4) is 0 Å². The van der Waals surface area contributed by atoms with E-state index in [9.17, 15) is 10.1 Å². The van der Waals surface area contributed by atoms with Crippen LogP contribution in [0.4, 0.5) is 5.69 Å². The Labute approximate surface area is 99.4 Å². The summed E-state index contributed by atoms with van der Waals surface area (Å²) in [5.41, 5.74) is 0.723. The smallest absolute Gasteiger partial charge is 0.311 e. The highest BCUT2D eigenvalue weighted by Gasteiger charge is 2.15. The first-order valence-corrected chi connectivity index (χ1v) is 5.24. The third-order valence-corrected chi connectivity index (χ3v) is 2.37. The summed E-state index contributed by atoms with van der Waals surface area (Å²) in [5, 5.41) is 22.7. The van der Waals surface area contributed by atoms with E-state index in [0.717, 1.165) is 5.56 Å². The van der Waals surface area contributed by atoms with E-state index >= 15 is 0 Å². The molecule has 17 heavy (non-hydrogen) atoms. The van der Waals surface area contributed by atoms with E-state index in [1.54, 1.807) is 12.1 Å². The van der Waals surface area contributed by atoms with Gasteiger partial charge in [0.1, 0.15) is 0 Å². The lowest BCUT2D eigenvalue weighted by atomic mass is 10.2. The summed E-state index contributed by atoms with van der Waals surface area (Å²) in [4.78, 5) is 10.3. The van der Waals surface area contributed by atoms with Crippen molar-refractivity contribution in [1.29, 1.82) is 0 Å². The maximum atomic E-state index is 10.8. The van der Waals surface area contributed by atoms with Crippen molar-refractivity contribution < 1.29 is 14.8 Å². The fourth-order valence-electron chi connectivity index (χ4n) is 1.34. The molecule has 94 valence electrons. The van der Waals surface area contributed by atoms with Crippen LogP contribution in [0.15, 0.2) is 18.2 Å². The van der Waals surface area contributed by atoms with Gasteiger partial charge in [0.05, 0.1) is 18.6 Å². The van der Waals surface area contributed by atoms with Crippen LogP contribution in [-0.2, 0) is 6.54 Å². The van der Waals surface area contributed by atoms with Crippen molar-refractivity contribution in [1.82, 2.24) is 5.32 Å². The number of rotatable bonds is 6. The fourth-order valence-corrected chi connectivity index (χ4v) is 1.34. The van der Waals surface area contributed by atoms with Crippen LogP contribution in [-0.4, -0.2) is 29.8 Å². The largest absolute Gasteiger partial charge is 0.490 e. The molecule has 1 aromatic carbocycles. The highest BCUT2D eigenvalue weighted by Crippen LogP contribution is 2.27. The van der Waals surface area contributed by atoms with Crippen LogP contribution in [0.1, 0.15) is 12.5 Å². The van der Waals surface area contributed by atoms with Crippen molar-refractivity contribution in [3.05, 3.63) is 33.9 Å². The molecule has 0 saturated carbocycles. The number of ether oxygens (including phenoxy) is 1. The highest BCUT2D eigenvalue weighted by atomic mass is 16.6. The molecule has 0 amide bonds. The van der Waals surface area contributed by atoms with E-state index in [4.69, 9.17) is 9.84 Å². The predicted molar refractivity (Wildman–Crippen MR) is 63.0 cm³/mol. The van der Waals surface area contributed by atoms with Gasteiger partial charge in [-0.1, -0.05) is 6.07 Å². The van der Waals surface area contributed by atoms with Gasteiger partial charge in [-0.2, -0.15) is 0 Å². The van der Waals surface area contributed by atoms with E-state index in [1.165, 1.54) is 13.2 Å². The Balaban J connectivity index is 2.81. The number of benzene rings is 1. The zero-order chi connectivity index (χ0) is 12.8. The van der Waals surface area contributed by atoms with Crippen LogP contribution < -0.4 is 10.1 Å². The summed E-state index contributed by atoms with van der Waals surface area (Å²) in [6.07, 6.45) is 0. The Morgan fingerprint density at radius 2 is 2.29 bits per heavy atom. The first-order chi connectivity index (χ1) is 8.08. The minimum Gasteiger partial charge on any atom is -0.490 e. The number of nitrogens with one attached hydrogen (secondary N) is 1. The Morgan fingerprint density at radius 1 is 1.59 bits per heavy atom. The molecule has 0 radical (unpaired) electrons. The number of nitro groups is 1. The molecule has 6 nitrogen and oxygen atoms in total. The molecule has 0 aliphatic heterocycles. The third-order valence-electron chi connectivity index (χ3n) is 2.37. The van der Waals surface area contributed by atoms with Gasteiger partial charge < -0.3 is 15.2 Å². The summed E-state index contributed by atoms with van der Waals surface area (Å²) in [6, 6.07) is 4.74. The molecule has 0 heterocycles. The molecule has 0 fully saturated rings. The molecule has 0 saturated heterocycles. The van der Waals surface area contributed by atoms with Crippen molar-refractivity contribution in [2.45, 2.75) is 19.5 Å². The van der Waals surface area contributed by atoms with Gasteiger partial charge in [-0.05, 0) is 18.6 Å². The van der Waals surface area contributed by atoms with E-state index in [0.29, 0.717) is 6.54 Å². The number of hydrogen-bond donors (Lipinski definition) is 2. The zero-order valence-corrected chi connectivity index (χ0v) is 9.84. The van der Waals surface area contributed by atoms with Gasteiger partial charge in [-0.15, -0.1) is 0 Å². The molecule has 0 unspecified atom stereocenters. The monoisotopic (exact) mass is 240 g/mol. The molecule has 0 spiro atoms. The number of nitrogens with zero attached hydrogens (tertiary/aromatic N) is 1. The van der Waals surface area contributed by atoms with Crippen LogP contribution in [0.2, 0.25) is 0 Å². The second-order valence-electron chi connectivity index (χ2n) is 3.73. The second kappa shape index (κ2) is 6.17. The Hall–Kier alpha value is -1.66. The van der Waals surface area contributed by atoms with Crippen LogP contribution in [0.25, 0.3) is 0 Å². The Kier molecular flexibility index (Phi) is 4.86. The van der Waals surface area contributed by atoms with Crippen LogP contribution in [0, 0.1) is 10.1 Å². The average Bonchev–Trinajstić information content (AvgIpc) is 2.35. The van der Waals surface area contributed by atoms with E-state index in [2.05, 4.69) is 5.32 Å². The normalized spacial score (nSPS) is 12.2. The number of hydrogen-bond acceptors (Lipinski definition) is 5. The number of nitro benzene ring substituents is 1. The first kappa shape index (κ1) is 13.4. The lowest BCUT2D eigenvalue weighted by molar-refractivity contribution is -0.385. The summed E-state index contributed by atoms with van der Waals surface area (Å²) >= 11 is 0. The van der Waals surface area contributed by atoms with E-state index in [1.807, 2.05) is 6.92 Å². The lowest BCUT2D eigenvalue weighted by Crippen LogP contribution is -2.28. The van der Waals surface area contributed by atoms with Gasteiger partial charge in [0.2, 0.25) is 0 Å². The van der Waals surface area contributed by atoms with Crippen LogP contribution in [0.5, 0.6) is 5.75 Å². The van der Waals surface area contributed by atoms with Crippen molar-refractivity contribution in [2.24, 2.45) is 0 Å². The number of methoxy groups -OCH3 is 1. The molecule has 1 aromatic rings. The summed E-state index contributed by atoms with van der Waals surface area (Å²) in [6.45, 7) is 2.32. The third kappa shape index (κ3) is 3.69. The van der Waals surface area contributed by atoms with E-state index < -0.39 is 4.92 Å². The SMILES string of the molecule is COc1ccc(CN[C@@H](C)CO)cc1[N+](=O)[O-]. The standard InChI is InChI=1S/C11H16N2O4/c1-8(7-14)12-6-9-3-4-11(17-2)10(5-9)13(15)16/h3-5,8,12,14H,6-7H2,1-2H3/t8-/m0/s1. The molecule has 0 aliphatic rings. The molecule has 1 rings (SSSR count). The minimum atomic E-state index is -0.474. The Bertz CT molecular complexity index is 395. The maximum absolute atomic E-state index is 10.8. The molecule has 2 N–H and O–H groups in total. The minimum absolute atomic E-state index is 0.0260. The van der Waals surface area contributed by atoms with Gasteiger partial charge in [-0.25, -0.2) is 0 Å². The van der Waals surface area contributed by atoms with Crippen LogP contribution >= 0.6 is 0 Å². The zero-order valence-electron chi connectivity index (χ0n) is 9.84. The van der Waals surface area contributed by atoms with Gasteiger partial charge in [0.25, 0.3) is 0 Å². The molecule has 0 aliphatic carbocycles. The van der Waals surface area contributed by atoms with Crippen molar-refractivity contribution in [3.8, 4) is 5.75 Å². The second-order valence-corrected chi connectivity index (χ2v) is 3.73. The summed E-state index contributed by atoms with van der Waals surface area (Å²) < 4.78 is 4.91. The Morgan fingerprint density at radius 3 is 2.82 bits per heavy atom. The first-order valence-electron chi connectivity index (χ1n) is 5.24. The van der Waals surface area contributed by atoms with Crippen molar-refractivity contribution in [3.63, 3.8) is 0 Å². The molecule has 0 aromatic heterocycles. The van der Waals surface area contributed by atoms with Crippen molar-refractivity contribution >= 4 is 5.69 Å². The molecule has 0 bridgehead atoms. The van der Waals surface area contributed by atoms with Gasteiger partial charge >= 0.3 is 5.69 Å². The van der Waals surface area contributed by atoms with E-state index in [-0.39, 0.29) is 24.1 Å². The number of aliphatic hydroxyl groups excluding tert-OH is 1. The maximum Gasteiger partial charge on any atom is 0.311 e. The lowest BCUT2D eigenvalue weighted by Gasteiger charge is -2.11. The summed E-state index contributed by atoms with van der Waals surface area (Å²) in [5.74, 6) is 0.244. The topological polar surface area (TPSA) is 84.6 Å². The summed E-state index contributed by atoms with van der Waals surface area (Å²) in [7, 11) is 1.40. The van der Waals surface area contributed by atoms with Crippen molar-refractivity contribution in [2.75, 3.05) is 13.7 Å². The predicted octanol–water partition coefficient (Wildman–Crippen LogP) is 1.07. The molecular formula is C11H16N2O4. The average molecular weight is 240 g/mol. The molecule has 6 heteroatoms.